The average Bonchev–Trinajstić information content (AvgIpc) is 2.99. The van der Waals surface area contributed by atoms with E-state index in [0.29, 0.717) is 6.54 Å². The summed E-state index contributed by atoms with van der Waals surface area (Å²) in [4.78, 5) is 7.86. The van der Waals surface area contributed by atoms with Gasteiger partial charge >= 0.3 is 0 Å². The number of aromatic nitrogens is 2. The minimum absolute atomic E-state index is 0.0762. The van der Waals surface area contributed by atoms with Crippen molar-refractivity contribution >= 4 is 11.6 Å². The minimum atomic E-state index is 0.0762. The Bertz CT molecular complexity index is 704. The number of aromatic amines is 1. The van der Waals surface area contributed by atoms with Crippen LogP contribution in [0.15, 0.2) is 60.8 Å². The number of H-pyrrole nitrogens is 1. The smallest absolute Gasteiger partial charge is 0.115 e. The molecular weight excluding hydrogens is 282 g/mol. The van der Waals surface area contributed by atoms with Crippen LogP contribution in [0.4, 0.5) is 0 Å². The molecule has 3 rings (SSSR count). The van der Waals surface area contributed by atoms with E-state index in [1.54, 1.807) is 0 Å². The Morgan fingerprint density at radius 1 is 1.05 bits per heavy atom. The summed E-state index contributed by atoms with van der Waals surface area (Å²) in [5.74, 6) is 0.959. The monoisotopic (exact) mass is 297 g/mol. The standard InChI is InChI=1S/C17H16ClN3/c18-14-8-6-13(7-9-14)16-11-20-17(21-16)15(10-19)12-4-2-1-3-5-12/h1-9,11,15H,10,19H2,(H,20,21). The number of hydrogen-bond donors (Lipinski definition) is 2. The molecule has 2 aromatic carbocycles. The van der Waals surface area contributed by atoms with Crippen LogP contribution in [0.5, 0.6) is 0 Å². The molecule has 1 aromatic heterocycles. The summed E-state index contributed by atoms with van der Waals surface area (Å²) < 4.78 is 0. The summed E-state index contributed by atoms with van der Waals surface area (Å²) in [5.41, 5.74) is 9.12. The topological polar surface area (TPSA) is 54.7 Å². The maximum atomic E-state index is 5.93. The van der Waals surface area contributed by atoms with Crippen molar-refractivity contribution in [3.8, 4) is 11.3 Å². The van der Waals surface area contributed by atoms with Gasteiger partial charge in [0, 0.05) is 11.6 Å². The highest BCUT2D eigenvalue weighted by Gasteiger charge is 2.16. The SMILES string of the molecule is NCC(c1ccccc1)c1ncc(-c2ccc(Cl)cc2)[nH]1. The molecule has 0 saturated heterocycles. The Morgan fingerprint density at radius 2 is 1.76 bits per heavy atom. The maximum Gasteiger partial charge on any atom is 0.115 e. The van der Waals surface area contributed by atoms with Crippen LogP contribution in [0, 0.1) is 0 Å². The summed E-state index contributed by atoms with van der Waals surface area (Å²) >= 11 is 5.91. The predicted octanol–water partition coefficient (Wildman–Crippen LogP) is 3.82. The van der Waals surface area contributed by atoms with E-state index in [1.807, 2.05) is 48.7 Å². The van der Waals surface area contributed by atoms with Crippen LogP contribution in [0.1, 0.15) is 17.3 Å². The number of rotatable bonds is 4. The van der Waals surface area contributed by atoms with Crippen molar-refractivity contribution in [2.45, 2.75) is 5.92 Å². The van der Waals surface area contributed by atoms with E-state index in [1.165, 1.54) is 0 Å². The van der Waals surface area contributed by atoms with Crippen molar-refractivity contribution in [2.24, 2.45) is 5.73 Å². The molecule has 106 valence electrons. The first-order chi connectivity index (χ1) is 10.3. The lowest BCUT2D eigenvalue weighted by Crippen LogP contribution is -2.15. The fourth-order valence-corrected chi connectivity index (χ4v) is 2.51. The molecule has 0 aliphatic heterocycles. The molecule has 3 aromatic rings. The van der Waals surface area contributed by atoms with Gasteiger partial charge < -0.3 is 10.7 Å². The third kappa shape index (κ3) is 2.99. The quantitative estimate of drug-likeness (QED) is 0.769. The van der Waals surface area contributed by atoms with Crippen molar-refractivity contribution in [3.63, 3.8) is 0 Å². The number of nitrogens with one attached hydrogen (secondary N) is 1. The van der Waals surface area contributed by atoms with Gasteiger partial charge in [0.15, 0.2) is 0 Å². The lowest BCUT2D eigenvalue weighted by Gasteiger charge is -2.12. The molecule has 0 saturated carbocycles. The van der Waals surface area contributed by atoms with E-state index in [0.717, 1.165) is 27.7 Å². The molecule has 0 bridgehead atoms. The molecule has 0 spiro atoms. The molecule has 1 atom stereocenters. The molecule has 0 aliphatic rings. The van der Waals surface area contributed by atoms with Gasteiger partial charge in [-0.1, -0.05) is 54.1 Å². The van der Waals surface area contributed by atoms with Gasteiger partial charge in [-0.15, -0.1) is 0 Å². The second-order valence-corrected chi connectivity index (χ2v) is 5.32. The molecule has 1 heterocycles. The zero-order valence-electron chi connectivity index (χ0n) is 11.5. The average molecular weight is 298 g/mol. The molecule has 3 nitrogen and oxygen atoms in total. The second kappa shape index (κ2) is 6.12. The summed E-state index contributed by atoms with van der Waals surface area (Å²) in [6.07, 6.45) is 1.84. The zero-order chi connectivity index (χ0) is 14.7. The van der Waals surface area contributed by atoms with Crippen molar-refractivity contribution in [1.29, 1.82) is 0 Å². The number of nitrogens with zero attached hydrogens (tertiary/aromatic N) is 1. The van der Waals surface area contributed by atoms with Gasteiger partial charge in [-0.3, -0.25) is 0 Å². The fraction of sp³-hybridized carbons (Fsp3) is 0.118. The third-order valence-electron chi connectivity index (χ3n) is 3.52. The molecule has 21 heavy (non-hydrogen) atoms. The molecule has 0 amide bonds. The summed E-state index contributed by atoms with van der Waals surface area (Å²) in [7, 11) is 0. The van der Waals surface area contributed by atoms with Gasteiger partial charge in [-0.2, -0.15) is 0 Å². The Kier molecular flexibility index (Phi) is 4.04. The van der Waals surface area contributed by atoms with Crippen molar-refractivity contribution in [3.05, 3.63) is 77.2 Å². The molecular formula is C17H16ClN3. The third-order valence-corrected chi connectivity index (χ3v) is 3.77. The number of nitrogens with two attached hydrogens (primary N) is 1. The van der Waals surface area contributed by atoms with Crippen LogP contribution in [0.2, 0.25) is 5.02 Å². The normalized spacial score (nSPS) is 12.3. The first-order valence-corrected chi connectivity index (χ1v) is 7.21. The van der Waals surface area contributed by atoms with Crippen molar-refractivity contribution in [1.82, 2.24) is 9.97 Å². The summed E-state index contributed by atoms with van der Waals surface area (Å²) in [6, 6.07) is 17.9. The lowest BCUT2D eigenvalue weighted by atomic mass is 9.99. The molecule has 0 fully saturated rings. The number of imidazole rings is 1. The van der Waals surface area contributed by atoms with Gasteiger partial charge in [0.25, 0.3) is 0 Å². The molecule has 0 aliphatic carbocycles. The second-order valence-electron chi connectivity index (χ2n) is 4.89. The van der Waals surface area contributed by atoms with Crippen molar-refractivity contribution < 1.29 is 0 Å². The van der Waals surface area contributed by atoms with E-state index in [-0.39, 0.29) is 5.92 Å². The first kappa shape index (κ1) is 13.9. The van der Waals surface area contributed by atoms with Crippen LogP contribution >= 0.6 is 11.6 Å². The highest BCUT2D eigenvalue weighted by molar-refractivity contribution is 6.30. The zero-order valence-corrected chi connectivity index (χ0v) is 12.2. The Labute approximate surface area is 128 Å². The number of hydrogen-bond acceptors (Lipinski definition) is 2. The largest absolute Gasteiger partial charge is 0.341 e. The molecule has 0 radical (unpaired) electrons. The van der Waals surface area contributed by atoms with Crippen LogP contribution in [-0.4, -0.2) is 16.5 Å². The predicted molar refractivity (Wildman–Crippen MR) is 86.4 cm³/mol. The van der Waals surface area contributed by atoms with Gasteiger partial charge in [-0.05, 0) is 23.3 Å². The lowest BCUT2D eigenvalue weighted by molar-refractivity contribution is 0.765. The Morgan fingerprint density at radius 3 is 2.43 bits per heavy atom. The van der Waals surface area contributed by atoms with Crippen LogP contribution < -0.4 is 5.73 Å². The van der Waals surface area contributed by atoms with Crippen LogP contribution in [0.25, 0.3) is 11.3 Å². The van der Waals surface area contributed by atoms with E-state index in [4.69, 9.17) is 17.3 Å². The maximum absolute atomic E-state index is 5.93. The van der Waals surface area contributed by atoms with Gasteiger partial charge in [-0.25, -0.2) is 4.98 Å². The van der Waals surface area contributed by atoms with E-state index < -0.39 is 0 Å². The fourth-order valence-electron chi connectivity index (χ4n) is 2.38. The van der Waals surface area contributed by atoms with Gasteiger partial charge in [0.05, 0.1) is 17.8 Å². The highest BCUT2D eigenvalue weighted by Crippen LogP contribution is 2.25. The van der Waals surface area contributed by atoms with Crippen LogP contribution in [0.3, 0.4) is 0 Å². The molecule has 3 N–H and O–H groups in total. The number of benzene rings is 2. The number of halogens is 1. The molecule has 1 unspecified atom stereocenters. The van der Waals surface area contributed by atoms with E-state index in [2.05, 4.69) is 22.1 Å². The summed E-state index contributed by atoms with van der Waals surface area (Å²) in [6.45, 7) is 0.511. The van der Waals surface area contributed by atoms with E-state index >= 15 is 0 Å². The minimum Gasteiger partial charge on any atom is -0.341 e. The highest BCUT2D eigenvalue weighted by atomic mass is 35.5. The first-order valence-electron chi connectivity index (χ1n) is 6.84. The van der Waals surface area contributed by atoms with Crippen LogP contribution in [-0.2, 0) is 0 Å². The summed E-state index contributed by atoms with van der Waals surface area (Å²) in [5, 5.41) is 0.725. The Balaban J connectivity index is 1.92. The Hall–Kier alpha value is -2.10. The molecule has 4 heteroatoms. The van der Waals surface area contributed by atoms with Gasteiger partial charge in [0.2, 0.25) is 0 Å². The van der Waals surface area contributed by atoms with Crippen molar-refractivity contribution in [2.75, 3.05) is 6.54 Å². The van der Waals surface area contributed by atoms with E-state index in [9.17, 15) is 0 Å². The van der Waals surface area contributed by atoms with Gasteiger partial charge in [0.1, 0.15) is 5.82 Å².